The predicted octanol–water partition coefficient (Wildman–Crippen LogP) is 4.56. The van der Waals surface area contributed by atoms with Crippen molar-refractivity contribution in [3.05, 3.63) is 93.0 Å². The second kappa shape index (κ2) is 10.3. The van der Waals surface area contributed by atoms with Crippen LogP contribution in [0.5, 0.6) is 5.75 Å². The first-order valence-electron chi connectivity index (χ1n) is 10.5. The highest BCUT2D eigenvalue weighted by Crippen LogP contribution is 2.25. The number of aromatic nitrogens is 2. The molecule has 0 saturated carbocycles. The van der Waals surface area contributed by atoms with Gasteiger partial charge in [0, 0.05) is 12.1 Å². The number of rotatable bonds is 8. The minimum atomic E-state index is -0.802. The Kier molecular flexibility index (Phi) is 7.06. The van der Waals surface area contributed by atoms with Gasteiger partial charge in [-0.3, -0.25) is 24.3 Å². The fourth-order valence-electron chi connectivity index (χ4n) is 3.33. The maximum Gasteiger partial charge on any atom is 0.271 e. The maximum absolute atomic E-state index is 14.0. The number of carbonyl (C=O) groups excluding carboxylic acids is 1. The molecule has 9 nitrogen and oxygen atoms in total. The zero-order valence-electron chi connectivity index (χ0n) is 18.4. The Morgan fingerprint density at radius 3 is 2.63 bits per heavy atom. The molecule has 0 bridgehead atoms. The van der Waals surface area contributed by atoms with E-state index in [1.54, 1.807) is 48.5 Å². The van der Waals surface area contributed by atoms with Crippen molar-refractivity contribution < 1.29 is 18.8 Å². The van der Waals surface area contributed by atoms with E-state index >= 15 is 0 Å². The number of nitro groups is 1. The number of fused-ring (bicyclic) bond motifs is 1. The van der Waals surface area contributed by atoms with E-state index in [4.69, 9.17) is 4.74 Å². The van der Waals surface area contributed by atoms with Crippen molar-refractivity contribution in [2.45, 2.75) is 12.1 Å². The van der Waals surface area contributed by atoms with E-state index in [9.17, 15) is 24.1 Å². The third-order valence-corrected chi connectivity index (χ3v) is 5.86. The average molecular weight is 495 g/mol. The highest BCUT2D eigenvalue weighted by atomic mass is 32.2. The molecule has 0 aliphatic heterocycles. The van der Waals surface area contributed by atoms with Crippen LogP contribution in [0.25, 0.3) is 16.6 Å². The number of amides is 1. The fraction of sp³-hybridized carbons (Fsp3) is 0.125. The summed E-state index contributed by atoms with van der Waals surface area (Å²) in [6.45, 7) is 2.36. The van der Waals surface area contributed by atoms with E-state index in [0.29, 0.717) is 28.9 Å². The number of thioether (sulfide) groups is 1. The molecule has 1 heterocycles. The monoisotopic (exact) mass is 494 g/mol. The van der Waals surface area contributed by atoms with Crippen molar-refractivity contribution in [2.75, 3.05) is 17.7 Å². The van der Waals surface area contributed by atoms with Crippen LogP contribution in [0.1, 0.15) is 6.92 Å². The van der Waals surface area contributed by atoms with Crippen LogP contribution in [0, 0.1) is 15.9 Å². The smallest absolute Gasteiger partial charge is 0.271 e. The summed E-state index contributed by atoms with van der Waals surface area (Å²) < 4.78 is 20.9. The number of nitrogens with one attached hydrogen (secondary N) is 1. The van der Waals surface area contributed by atoms with Gasteiger partial charge in [-0.15, -0.1) is 0 Å². The second-order valence-electron chi connectivity index (χ2n) is 7.24. The fourth-order valence-corrected chi connectivity index (χ4v) is 4.15. The highest BCUT2D eigenvalue weighted by molar-refractivity contribution is 7.99. The quantitative estimate of drug-likeness (QED) is 0.165. The molecule has 11 heteroatoms. The molecule has 1 amide bonds. The predicted molar refractivity (Wildman–Crippen MR) is 131 cm³/mol. The van der Waals surface area contributed by atoms with Gasteiger partial charge in [-0.1, -0.05) is 23.9 Å². The minimum Gasteiger partial charge on any atom is -0.494 e. The highest BCUT2D eigenvalue weighted by Gasteiger charge is 2.17. The number of hydrogen-bond acceptors (Lipinski definition) is 7. The summed E-state index contributed by atoms with van der Waals surface area (Å²) >= 11 is 0.981. The number of nitro benzene ring substituents is 1. The molecule has 0 spiro atoms. The summed E-state index contributed by atoms with van der Waals surface area (Å²) in [7, 11) is 0. The number of anilines is 1. The van der Waals surface area contributed by atoms with Gasteiger partial charge in [-0.2, -0.15) is 0 Å². The van der Waals surface area contributed by atoms with Crippen LogP contribution in [-0.2, 0) is 4.79 Å². The van der Waals surface area contributed by atoms with Crippen molar-refractivity contribution in [3.63, 3.8) is 0 Å². The first-order chi connectivity index (χ1) is 16.9. The lowest BCUT2D eigenvalue weighted by Gasteiger charge is -2.14. The Morgan fingerprint density at radius 2 is 1.91 bits per heavy atom. The topological polar surface area (TPSA) is 116 Å². The molecular weight excluding hydrogens is 475 g/mol. The number of nitrogens with zero attached hydrogens (tertiary/aromatic N) is 3. The Morgan fingerprint density at radius 1 is 1.17 bits per heavy atom. The molecule has 4 aromatic rings. The number of non-ortho nitro benzene ring substituents is 1. The van der Waals surface area contributed by atoms with E-state index in [1.807, 2.05) is 6.92 Å². The second-order valence-corrected chi connectivity index (χ2v) is 8.18. The van der Waals surface area contributed by atoms with Crippen LogP contribution >= 0.6 is 11.8 Å². The van der Waals surface area contributed by atoms with E-state index in [2.05, 4.69) is 10.3 Å². The number of halogens is 1. The summed E-state index contributed by atoms with van der Waals surface area (Å²) in [5, 5.41) is 14.0. The molecule has 3 aromatic carbocycles. The first kappa shape index (κ1) is 23.9. The Bertz CT molecular complexity index is 1470. The third kappa shape index (κ3) is 5.30. The summed E-state index contributed by atoms with van der Waals surface area (Å²) in [4.78, 5) is 40.7. The number of ether oxygens (including phenoxy) is 1. The lowest BCUT2D eigenvalue weighted by Crippen LogP contribution is -2.23. The molecule has 0 aliphatic rings. The largest absolute Gasteiger partial charge is 0.494 e. The van der Waals surface area contributed by atoms with Crippen LogP contribution in [0.4, 0.5) is 15.8 Å². The van der Waals surface area contributed by atoms with Crippen molar-refractivity contribution >= 4 is 39.9 Å². The zero-order chi connectivity index (χ0) is 24.9. The van der Waals surface area contributed by atoms with Gasteiger partial charge in [0.1, 0.15) is 11.6 Å². The molecule has 0 unspecified atom stereocenters. The van der Waals surface area contributed by atoms with Crippen molar-refractivity contribution in [3.8, 4) is 11.4 Å². The number of para-hydroxylation sites is 1. The third-order valence-electron chi connectivity index (χ3n) is 4.92. The average Bonchev–Trinajstić information content (AvgIpc) is 2.85. The van der Waals surface area contributed by atoms with Crippen molar-refractivity contribution in [1.29, 1.82) is 0 Å². The maximum atomic E-state index is 14.0. The molecule has 0 saturated heterocycles. The van der Waals surface area contributed by atoms with Gasteiger partial charge in [0.2, 0.25) is 5.91 Å². The summed E-state index contributed by atoms with van der Waals surface area (Å²) in [6.07, 6.45) is 0. The van der Waals surface area contributed by atoms with Crippen molar-refractivity contribution in [1.82, 2.24) is 9.55 Å². The number of benzene rings is 3. The lowest BCUT2D eigenvalue weighted by atomic mass is 10.2. The van der Waals surface area contributed by atoms with E-state index in [1.165, 1.54) is 4.57 Å². The van der Waals surface area contributed by atoms with Gasteiger partial charge in [-0.05, 0) is 49.4 Å². The molecule has 0 aliphatic carbocycles. The van der Waals surface area contributed by atoms with E-state index in [0.717, 1.165) is 30.0 Å². The van der Waals surface area contributed by atoms with Gasteiger partial charge in [0.15, 0.2) is 5.16 Å². The molecule has 0 atom stereocenters. The molecule has 0 radical (unpaired) electrons. The molecular formula is C24H19FN4O5S. The van der Waals surface area contributed by atoms with Gasteiger partial charge in [0.05, 0.1) is 39.6 Å². The molecule has 35 heavy (non-hydrogen) atoms. The standard InChI is InChI=1S/C24H19FN4O5S/c1-2-34-17-10-7-15(8-11-17)28-23(31)18-5-3-4-6-20(18)27-24(28)35-14-22(30)26-21-13-16(29(32)33)9-12-19(21)25/h3-13H,2,14H2,1H3,(H,26,30). The van der Waals surface area contributed by atoms with Crippen molar-refractivity contribution in [2.24, 2.45) is 0 Å². The van der Waals surface area contributed by atoms with Gasteiger partial charge in [0.25, 0.3) is 11.2 Å². The van der Waals surface area contributed by atoms with Crippen LogP contribution in [0.3, 0.4) is 0 Å². The van der Waals surface area contributed by atoms with Gasteiger partial charge < -0.3 is 10.1 Å². The van der Waals surface area contributed by atoms with Crippen LogP contribution in [0.2, 0.25) is 0 Å². The van der Waals surface area contributed by atoms with Crippen LogP contribution in [-0.4, -0.2) is 32.7 Å². The van der Waals surface area contributed by atoms with E-state index < -0.39 is 16.6 Å². The Balaban J connectivity index is 1.64. The number of carbonyl (C=O) groups is 1. The Hall–Kier alpha value is -4.25. The van der Waals surface area contributed by atoms with Gasteiger partial charge >= 0.3 is 0 Å². The lowest BCUT2D eigenvalue weighted by molar-refractivity contribution is -0.384. The Labute approximate surface area is 202 Å². The molecule has 0 fully saturated rings. The van der Waals surface area contributed by atoms with Gasteiger partial charge in [-0.25, -0.2) is 9.37 Å². The summed E-state index contributed by atoms with van der Waals surface area (Å²) in [5.74, 6) is -0.992. The van der Waals surface area contributed by atoms with E-state index in [-0.39, 0.29) is 27.8 Å². The van der Waals surface area contributed by atoms with Crippen LogP contribution in [0.15, 0.2) is 76.7 Å². The SMILES string of the molecule is CCOc1ccc(-n2c(SCC(=O)Nc3cc([N+](=O)[O-])ccc3F)nc3ccccc3c2=O)cc1. The minimum absolute atomic E-state index is 0.218. The molecule has 1 N–H and O–H groups in total. The zero-order valence-corrected chi connectivity index (χ0v) is 19.3. The first-order valence-corrected chi connectivity index (χ1v) is 11.5. The molecule has 1 aromatic heterocycles. The van der Waals surface area contributed by atoms with Crippen LogP contribution < -0.4 is 15.6 Å². The summed E-state index contributed by atoms with van der Waals surface area (Å²) in [6, 6.07) is 16.6. The molecule has 178 valence electrons. The molecule has 4 rings (SSSR count). The number of hydrogen-bond donors (Lipinski definition) is 1. The normalized spacial score (nSPS) is 10.8. The summed E-state index contributed by atoms with van der Waals surface area (Å²) in [5.41, 5.74) is 0.0270.